The van der Waals surface area contributed by atoms with Gasteiger partial charge in [0.2, 0.25) is 15.9 Å². The Morgan fingerprint density at radius 2 is 1.86 bits per heavy atom. The van der Waals surface area contributed by atoms with E-state index in [1.54, 1.807) is 26.0 Å². The fourth-order valence-corrected chi connectivity index (χ4v) is 4.43. The number of aryl methyl sites for hydroxylation is 2. The quantitative estimate of drug-likeness (QED) is 0.872. The molecular weight excluding hydrogens is 304 g/mol. The van der Waals surface area contributed by atoms with Gasteiger partial charge in [-0.25, -0.2) is 8.42 Å². The van der Waals surface area contributed by atoms with Crippen molar-refractivity contribution in [2.24, 2.45) is 0 Å². The number of sulfonamides is 1. The molecule has 1 saturated heterocycles. The van der Waals surface area contributed by atoms with Gasteiger partial charge in [0.05, 0.1) is 12.0 Å². The Labute approximate surface area is 131 Å². The minimum Gasteiger partial charge on any atom is -0.497 e. The van der Waals surface area contributed by atoms with Crippen molar-refractivity contribution < 1.29 is 17.9 Å². The summed E-state index contributed by atoms with van der Waals surface area (Å²) in [6, 6.07) is 2.64. The number of rotatable bonds is 4. The summed E-state index contributed by atoms with van der Waals surface area (Å²) in [6.45, 7) is 4.03. The van der Waals surface area contributed by atoms with Crippen LogP contribution >= 0.6 is 0 Å². The van der Waals surface area contributed by atoms with E-state index in [9.17, 15) is 13.2 Å². The van der Waals surface area contributed by atoms with Crippen LogP contribution < -0.4 is 14.8 Å². The predicted molar refractivity (Wildman–Crippen MR) is 83.4 cm³/mol. The number of methoxy groups -OCH3 is 1. The molecule has 0 aliphatic carbocycles. The number of hydrogen-bond acceptors (Lipinski definition) is 4. The van der Waals surface area contributed by atoms with Crippen molar-refractivity contribution in [2.75, 3.05) is 13.7 Å². The molecule has 2 N–H and O–H groups in total. The van der Waals surface area contributed by atoms with E-state index in [2.05, 4.69) is 10.0 Å². The van der Waals surface area contributed by atoms with Crippen LogP contribution in [0.1, 0.15) is 30.4 Å². The van der Waals surface area contributed by atoms with Crippen molar-refractivity contribution in [2.45, 2.75) is 44.0 Å². The van der Waals surface area contributed by atoms with E-state index in [-0.39, 0.29) is 10.8 Å². The number of nitrogens with one attached hydrogen (secondary N) is 2. The zero-order valence-corrected chi connectivity index (χ0v) is 13.9. The third-order valence-corrected chi connectivity index (χ3v) is 5.55. The van der Waals surface area contributed by atoms with Crippen LogP contribution in [0, 0.1) is 13.8 Å². The lowest BCUT2D eigenvalue weighted by molar-refractivity contribution is -0.122. The summed E-state index contributed by atoms with van der Waals surface area (Å²) >= 11 is 0. The number of ether oxygens (including phenoxy) is 1. The van der Waals surface area contributed by atoms with Gasteiger partial charge in [0.15, 0.2) is 0 Å². The molecule has 0 saturated carbocycles. The molecule has 7 heteroatoms. The number of benzene rings is 1. The van der Waals surface area contributed by atoms with E-state index in [0.29, 0.717) is 29.8 Å². The lowest BCUT2D eigenvalue weighted by Gasteiger charge is -2.18. The van der Waals surface area contributed by atoms with Crippen LogP contribution in [0.15, 0.2) is 17.0 Å². The number of carbonyl (C=O) groups excluding carboxylic acids is 1. The Morgan fingerprint density at radius 3 is 2.45 bits per heavy atom. The summed E-state index contributed by atoms with van der Waals surface area (Å²) in [5.74, 6) is 0.353. The highest BCUT2D eigenvalue weighted by molar-refractivity contribution is 7.89. The average Bonchev–Trinajstić information content (AvgIpc) is 2.62. The van der Waals surface area contributed by atoms with Gasteiger partial charge in [-0.2, -0.15) is 4.72 Å². The van der Waals surface area contributed by atoms with Gasteiger partial charge in [-0.05, 0) is 56.4 Å². The molecule has 6 nitrogen and oxygen atoms in total. The summed E-state index contributed by atoms with van der Waals surface area (Å²) in [5, 5.41) is 2.73. The maximum atomic E-state index is 12.7. The minimum atomic E-state index is -3.76. The van der Waals surface area contributed by atoms with Crippen molar-refractivity contribution in [3.63, 3.8) is 0 Å². The zero-order chi connectivity index (χ0) is 16.3. The van der Waals surface area contributed by atoms with E-state index < -0.39 is 16.1 Å². The first-order valence-electron chi connectivity index (χ1n) is 7.30. The maximum Gasteiger partial charge on any atom is 0.241 e. The molecule has 0 spiro atoms. The van der Waals surface area contributed by atoms with Crippen LogP contribution in [-0.2, 0) is 14.8 Å². The van der Waals surface area contributed by atoms with Crippen molar-refractivity contribution in [3.8, 4) is 5.75 Å². The summed E-state index contributed by atoms with van der Waals surface area (Å²) in [4.78, 5) is 12.1. The molecule has 22 heavy (non-hydrogen) atoms. The van der Waals surface area contributed by atoms with E-state index in [1.165, 1.54) is 7.11 Å². The Morgan fingerprint density at radius 1 is 1.23 bits per heavy atom. The Kier molecular flexibility index (Phi) is 5.08. The summed E-state index contributed by atoms with van der Waals surface area (Å²) < 4.78 is 33.0. The second-order valence-electron chi connectivity index (χ2n) is 5.55. The second-order valence-corrected chi connectivity index (χ2v) is 7.20. The predicted octanol–water partition coefficient (Wildman–Crippen LogP) is 1.26. The molecule has 0 aromatic heterocycles. The first-order valence-corrected chi connectivity index (χ1v) is 8.79. The molecule has 1 unspecified atom stereocenters. The van der Waals surface area contributed by atoms with E-state index in [4.69, 9.17) is 4.74 Å². The van der Waals surface area contributed by atoms with E-state index >= 15 is 0 Å². The highest BCUT2D eigenvalue weighted by Crippen LogP contribution is 2.26. The summed E-state index contributed by atoms with van der Waals surface area (Å²) in [5.41, 5.74) is 1.19. The number of amides is 1. The van der Waals surface area contributed by atoms with Gasteiger partial charge in [-0.1, -0.05) is 0 Å². The van der Waals surface area contributed by atoms with Gasteiger partial charge in [0.25, 0.3) is 0 Å². The fraction of sp³-hybridized carbons (Fsp3) is 0.533. The molecule has 1 heterocycles. The number of carbonyl (C=O) groups is 1. The van der Waals surface area contributed by atoms with Gasteiger partial charge in [-0.15, -0.1) is 0 Å². The van der Waals surface area contributed by atoms with E-state index in [0.717, 1.165) is 12.8 Å². The maximum absolute atomic E-state index is 12.7. The molecule has 122 valence electrons. The largest absolute Gasteiger partial charge is 0.497 e. The summed E-state index contributed by atoms with van der Waals surface area (Å²) in [6.07, 6.45) is 2.19. The molecule has 1 amide bonds. The third-order valence-electron chi connectivity index (χ3n) is 3.77. The van der Waals surface area contributed by atoms with Crippen LogP contribution in [0.4, 0.5) is 0 Å². The lowest BCUT2D eigenvalue weighted by atomic mass is 10.1. The Bertz CT molecular complexity index is 647. The molecule has 1 aromatic carbocycles. The molecule has 1 aromatic rings. The van der Waals surface area contributed by atoms with Crippen LogP contribution in [0.2, 0.25) is 0 Å². The van der Waals surface area contributed by atoms with E-state index in [1.807, 2.05) is 0 Å². The van der Waals surface area contributed by atoms with Crippen molar-refractivity contribution >= 4 is 15.9 Å². The first kappa shape index (κ1) is 16.8. The topological polar surface area (TPSA) is 84.5 Å². The molecule has 1 atom stereocenters. The van der Waals surface area contributed by atoms with Crippen molar-refractivity contribution in [3.05, 3.63) is 23.3 Å². The Balaban J connectivity index is 2.32. The molecule has 1 aliphatic heterocycles. The molecule has 1 fully saturated rings. The monoisotopic (exact) mass is 326 g/mol. The van der Waals surface area contributed by atoms with Crippen molar-refractivity contribution in [1.29, 1.82) is 0 Å². The van der Waals surface area contributed by atoms with Crippen LogP contribution in [0.5, 0.6) is 5.75 Å². The van der Waals surface area contributed by atoms with Crippen LogP contribution in [0.3, 0.4) is 0 Å². The van der Waals surface area contributed by atoms with Gasteiger partial charge in [0, 0.05) is 6.54 Å². The van der Waals surface area contributed by atoms with Crippen LogP contribution in [0.25, 0.3) is 0 Å². The molecule has 0 bridgehead atoms. The zero-order valence-electron chi connectivity index (χ0n) is 13.1. The van der Waals surface area contributed by atoms with Gasteiger partial charge in [0.1, 0.15) is 11.8 Å². The van der Waals surface area contributed by atoms with Gasteiger partial charge >= 0.3 is 0 Å². The SMILES string of the molecule is COc1cc(C)c(S(=O)(=O)NC2CCCCNC2=O)c(C)c1. The third kappa shape index (κ3) is 3.59. The van der Waals surface area contributed by atoms with Gasteiger partial charge in [-0.3, -0.25) is 4.79 Å². The highest BCUT2D eigenvalue weighted by Gasteiger charge is 2.28. The number of hydrogen-bond donors (Lipinski definition) is 2. The Hall–Kier alpha value is -1.60. The minimum absolute atomic E-state index is 0.213. The average molecular weight is 326 g/mol. The smallest absolute Gasteiger partial charge is 0.241 e. The standard InChI is InChI=1S/C15H22N2O4S/c1-10-8-12(21-3)9-11(2)14(10)22(19,20)17-13-6-4-5-7-16-15(13)18/h8-9,13,17H,4-7H2,1-3H3,(H,16,18). The molecule has 1 aliphatic rings. The fourth-order valence-electron chi connectivity index (χ4n) is 2.75. The highest BCUT2D eigenvalue weighted by atomic mass is 32.2. The second kappa shape index (κ2) is 6.66. The lowest BCUT2D eigenvalue weighted by Crippen LogP contribution is -2.45. The van der Waals surface area contributed by atoms with Crippen LogP contribution in [-0.4, -0.2) is 34.0 Å². The van der Waals surface area contributed by atoms with Gasteiger partial charge < -0.3 is 10.1 Å². The molecular formula is C15H22N2O4S. The normalized spacial score (nSPS) is 19.4. The molecule has 2 rings (SSSR count). The summed E-state index contributed by atoms with van der Waals surface area (Å²) in [7, 11) is -2.22. The first-order chi connectivity index (χ1) is 10.3. The van der Waals surface area contributed by atoms with Crippen molar-refractivity contribution in [1.82, 2.24) is 10.0 Å². The molecule has 0 radical (unpaired) electrons.